The summed E-state index contributed by atoms with van der Waals surface area (Å²) < 4.78 is 0. The summed E-state index contributed by atoms with van der Waals surface area (Å²) in [5.74, 6) is 4.92. The Balaban J connectivity index is 1.53. The summed E-state index contributed by atoms with van der Waals surface area (Å²) >= 11 is 0. The highest BCUT2D eigenvalue weighted by atomic mass is 16.4. The van der Waals surface area contributed by atoms with E-state index in [2.05, 4.69) is 20.8 Å². The highest BCUT2D eigenvalue weighted by Gasteiger charge is 2.60. The molecule has 0 aliphatic heterocycles. The summed E-state index contributed by atoms with van der Waals surface area (Å²) in [5.41, 5.74) is 0.830. The normalized spacial score (nSPS) is 45.9. The number of rotatable bonds is 4. The van der Waals surface area contributed by atoms with Gasteiger partial charge in [-0.2, -0.15) is 0 Å². The second kappa shape index (κ2) is 7.31. The summed E-state index contributed by atoms with van der Waals surface area (Å²) in [7, 11) is 0. The minimum atomic E-state index is -1.09. The molecule has 0 amide bonds. The fourth-order valence-electron chi connectivity index (χ4n) is 8.91. The molecule has 1 unspecified atom stereocenters. The first-order valence-corrected chi connectivity index (χ1v) is 11.8. The standard InChI is InChI=1S/C25H38O3/c1-16(14-17(15-26)23(27)28)20-9-10-21-19-8-7-18-6-4-5-12-24(18,2)22(19)11-13-25(20,21)3/h16,18-22H,4-14H2,1-3H3,(H,27,28)/t16-,18?,19+,20-,21+,22+,24+,25-/m1/s1. The SMILES string of the molecule is C[C@H](CC(=C=O)C(=O)O)[C@H]1CC[C@H]2[C@@H]3CCC4CCCC[C@]4(C)[C@H]3CC[C@]12C. The van der Waals surface area contributed by atoms with Gasteiger partial charge in [0.2, 0.25) is 0 Å². The van der Waals surface area contributed by atoms with E-state index in [0.29, 0.717) is 23.2 Å². The molecular formula is C25H38O3. The summed E-state index contributed by atoms with van der Waals surface area (Å²) in [6.07, 6.45) is 14.2. The molecule has 4 aliphatic rings. The van der Waals surface area contributed by atoms with Crippen molar-refractivity contribution in [3.8, 4) is 0 Å². The first-order valence-electron chi connectivity index (χ1n) is 11.8. The zero-order valence-corrected chi connectivity index (χ0v) is 18.0. The summed E-state index contributed by atoms with van der Waals surface area (Å²) in [6, 6.07) is 0. The molecule has 1 N–H and O–H groups in total. The van der Waals surface area contributed by atoms with Crippen LogP contribution >= 0.6 is 0 Å². The van der Waals surface area contributed by atoms with Gasteiger partial charge in [-0.3, -0.25) is 0 Å². The van der Waals surface area contributed by atoms with Crippen LogP contribution in [0, 0.1) is 46.3 Å². The molecule has 8 atom stereocenters. The van der Waals surface area contributed by atoms with Crippen molar-refractivity contribution in [3.05, 3.63) is 5.57 Å². The predicted octanol–water partition coefficient (Wildman–Crippen LogP) is 5.90. The number of fused-ring (bicyclic) bond motifs is 5. The van der Waals surface area contributed by atoms with E-state index in [0.717, 1.165) is 23.7 Å². The van der Waals surface area contributed by atoms with Crippen molar-refractivity contribution in [2.45, 2.75) is 91.4 Å². The van der Waals surface area contributed by atoms with Crippen LogP contribution in [0.2, 0.25) is 0 Å². The molecule has 0 aromatic heterocycles. The molecule has 3 heteroatoms. The Labute approximate surface area is 170 Å². The first kappa shape index (κ1) is 20.2. The van der Waals surface area contributed by atoms with Crippen molar-refractivity contribution in [1.82, 2.24) is 0 Å². The van der Waals surface area contributed by atoms with Gasteiger partial charge >= 0.3 is 5.97 Å². The minimum Gasteiger partial charge on any atom is -0.477 e. The van der Waals surface area contributed by atoms with E-state index in [9.17, 15) is 14.7 Å². The molecule has 0 bridgehead atoms. The molecule has 4 saturated carbocycles. The molecule has 28 heavy (non-hydrogen) atoms. The van der Waals surface area contributed by atoms with Crippen molar-refractivity contribution in [2.75, 3.05) is 0 Å². The van der Waals surface area contributed by atoms with E-state index >= 15 is 0 Å². The smallest absolute Gasteiger partial charge is 0.342 e. The van der Waals surface area contributed by atoms with E-state index in [1.54, 1.807) is 5.94 Å². The van der Waals surface area contributed by atoms with Crippen LogP contribution in [0.15, 0.2) is 5.57 Å². The number of carbonyl (C=O) groups is 1. The molecule has 0 saturated heterocycles. The van der Waals surface area contributed by atoms with E-state index < -0.39 is 5.97 Å². The Bertz CT molecular complexity index is 677. The maximum absolute atomic E-state index is 11.3. The van der Waals surface area contributed by atoms with Crippen LogP contribution in [0.25, 0.3) is 0 Å². The maximum Gasteiger partial charge on any atom is 0.342 e. The molecule has 0 radical (unpaired) electrons. The van der Waals surface area contributed by atoms with Gasteiger partial charge in [0.25, 0.3) is 0 Å². The van der Waals surface area contributed by atoms with Crippen molar-refractivity contribution < 1.29 is 14.7 Å². The maximum atomic E-state index is 11.3. The van der Waals surface area contributed by atoms with Gasteiger partial charge in [0.05, 0.1) is 0 Å². The Morgan fingerprint density at radius 2 is 1.75 bits per heavy atom. The molecule has 4 fully saturated rings. The third-order valence-corrected chi connectivity index (χ3v) is 10.3. The molecular weight excluding hydrogens is 348 g/mol. The number of hydrogen-bond acceptors (Lipinski definition) is 2. The van der Waals surface area contributed by atoms with E-state index in [1.165, 1.54) is 64.2 Å². The second-order valence-corrected chi connectivity index (χ2v) is 11.2. The molecule has 0 spiro atoms. The second-order valence-electron chi connectivity index (χ2n) is 11.2. The van der Waals surface area contributed by atoms with Gasteiger partial charge in [-0.25, -0.2) is 9.59 Å². The van der Waals surface area contributed by atoms with Crippen molar-refractivity contribution in [3.63, 3.8) is 0 Å². The van der Waals surface area contributed by atoms with Crippen LogP contribution in [0.4, 0.5) is 0 Å². The van der Waals surface area contributed by atoms with Crippen LogP contribution in [-0.2, 0) is 9.59 Å². The molecule has 0 aromatic carbocycles. The van der Waals surface area contributed by atoms with Crippen LogP contribution < -0.4 is 0 Å². The first-order chi connectivity index (χ1) is 13.3. The predicted molar refractivity (Wildman–Crippen MR) is 110 cm³/mol. The third kappa shape index (κ3) is 3.00. The van der Waals surface area contributed by atoms with Gasteiger partial charge in [0, 0.05) is 0 Å². The average molecular weight is 387 g/mol. The van der Waals surface area contributed by atoms with Gasteiger partial charge in [0.1, 0.15) is 11.5 Å². The molecule has 0 aromatic rings. The lowest BCUT2D eigenvalue weighted by molar-refractivity contribution is -0.133. The van der Waals surface area contributed by atoms with Gasteiger partial charge in [-0.1, -0.05) is 33.6 Å². The zero-order chi connectivity index (χ0) is 20.1. The topological polar surface area (TPSA) is 54.4 Å². The van der Waals surface area contributed by atoms with Gasteiger partial charge in [0.15, 0.2) is 0 Å². The highest BCUT2D eigenvalue weighted by molar-refractivity contribution is 5.95. The van der Waals surface area contributed by atoms with Crippen LogP contribution in [0.5, 0.6) is 0 Å². The largest absolute Gasteiger partial charge is 0.477 e. The Hall–Kier alpha value is -1.08. The van der Waals surface area contributed by atoms with Crippen LogP contribution in [0.3, 0.4) is 0 Å². The summed E-state index contributed by atoms with van der Waals surface area (Å²) in [6.45, 7) is 7.30. The fourth-order valence-corrected chi connectivity index (χ4v) is 8.91. The Morgan fingerprint density at radius 1 is 1.00 bits per heavy atom. The lowest BCUT2D eigenvalue weighted by Gasteiger charge is -2.61. The van der Waals surface area contributed by atoms with Gasteiger partial charge in [-0.05, 0) is 104 Å². The lowest BCUT2D eigenvalue weighted by Crippen LogP contribution is -2.53. The van der Waals surface area contributed by atoms with E-state index in [1.807, 2.05) is 0 Å². The zero-order valence-electron chi connectivity index (χ0n) is 18.0. The van der Waals surface area contributed by atoms with Crippen molar-refractivity contribution in [1.29, 1.82) is 0 Å². The monoisotopic (exact) mass is 386 g/mol. The Kier molecular flexibility index (Phi) is 5.28. The Morgan fingerprint density at radius 3 is 2.46 bits per heavy atom. The minimum absolute atomic E-state index is 0.0662. The number of carboxylic acid groups (broad SMARTS) is 1. The molecule has 3 nitrogen and oxygen atoms in total. The molecule has 156 valence electrons. The van der Waals surface area contributed by atoms with Gasteiger partial charge in [-0.15, -0.1) is 0 Å². The fraction of sp³-hybridized carbons (Fsp3) is 0.880. The van der Waals surface area contributed by atoms with Crippen LogP contribution in [-0.4, -0.2) is 17.0 Å². The quantitative estimate of drug-likeness (QED) is 0.483. The number of aliphatic carboxylic acids is 1. The molecule has 0 heterocycles. The average Bonchev–Trinajstić information content (AvgIpc) is 3.02. The van der Waals surface area contributed by atoms with E-state index in [-0.39, 0.29) is 11.5 Å². The lowest BCUT2D eigenvalue weighted by atomic mass is 9.44. The van der Waals surface area contributed by atoms with Crippen molar-refractivity contribution >= 4 is 11.9 Å². The van der Waals surface area contributed by atoms with Crippen molar-refractivity contribution in [2.24, 2.45) is 46.3 Å². The van der Waals surface area contributed by atoms with Crippen LogP contribution in [0.1, 0.15) is 91.4 Å². The van der Waals surface area contributed by atoms with Gasteiger partial charge < -0.3 is 5.11 Å². The molecule has 4 aliphatic carbocycles. The highest BCUT2D eigenvalue weighted by Crippen LogP contribution is 2.68. The third-order valence-electron chi connectivity index (χ3n) is 10.3. The number of hydrogen-bond donors (Lipinski definition) is 1. The molecule has 4 rings (SSSR count). The summed E-state index contributed by atoms with van der Waals surface area (Å²) in [4.78, 5) is 22.4. The number of carboxylic acids is 1. The number of carbonyl (C=O) groups excluding carboxylic acids is 1. The summed E-state index contributed by atoms with van der Waals surface area (Å²) in [5, 5.41) is 9.25. The van der Waals surface area contributed by atoms with E-state index in [4.69, 9.17) is 0 Å².